The number of allylic oxidation sites excluding steroid dienone is 2. The molecule has 0 fully saturated rings. The molecule has 0 atom stereocenters. The maximum absolute atomic E-state index is 4.22. The third kappa shape index (κ3) is 15.4. The zero-order chi connectivity index (χ0) is 14.2. The van der Waals surface area contributed by atoms with E-state index in [0.717, 1.165) is 0 Å². The lowest BCUT2D eigenvalue weighted by atomic mass is 10.0. The molecule has 0 aromatic rings. The lowest BCUT2D eigenvalue weighted by Crippen LogP contribution is -1.86. The van der Waals surface area contributed by atoms with Crippen LogP contribution in [0.5, 0.6) is 0 Å². The highest BCUT2D eigenvalue weighted by Gasteiger charge is 1.96. The molecule has 0 spiro atoms. The lowest BCUT2D eigenvalue weighted by Gasteiger charge is -2.06. The Morgan fingerprint density at radius 1 is 0.737 bits per heavy atom. The molecular weight excluding hydrogens is 228 g/mol. The third-order valence-electron chi connectivity index (χ3n) is 3.82. The van der Waals surface area contributed by atoms with Crippen LogP contribution in [-0.2, 0) is 0 Å². The quantitative estimate of drug-likeness (QED) is 0.216. The maximum Gasteiger partial charge on any atom is -0.0323 e. The van der Waals surface area contributed by atoms with Crippen molar-refractivity contribution < 1.29 is 0 Å². The Bertz CT molecular complexity index is 202. The first-order valence-corrected chi connectivity index (χ1v) is 8.58. The molecule has 0 rings (SSSR count). The van der Waals surface area contributed by atoms with Crippen LogP contribution in [0.1, 0.15) is 96.8 Å². The second kappa shape index (κ2) is 15.5. The highest BCUT2D eigenvalue weighted by molar-refractivity contribution is 4.93. The van der Waals surface area contributed by atoms with E-state index in [-0.39, 0.29) is 0 Å². The predicted octanol–water partition coefficient (Wildman–Crippen LogP) is 7.21. The third-order valence-corrected chi connectivity index (χ3v) is 3.82. The molecule has 0 aromatic carbocycles. The molecular formula is C19H36. The maximum atomic E-state index is 4.22. The minimum absolute atomic E-state index is 1.19. The van der Waals surface area contributed by atoms with E-state index in [4.69, 9.17) is 0 Å². The summed E-state index contributed by atoms with van der Waals surface area (Å²) in [6.45, 7) is 10.3. The first-order valence-electron chi connectivity index (χ1n) is 8.58. The van der Waals surface area contributed by atoms with Crippen molar-refractivity contribution in [3.8, 4) is 0 Å². The van der Waals surface area contributed by atoms with Crippen molar-refractivity contribution in [3.05, 3.63) is 24.8 Å². The van der Waals surface area contributed by atoms with Crippen LogP contribution in [0.4, 0.5) is 0 Å². The molecule has 19 heavy (non-hydrogen) atoms. The van der Waals surface area contributed by atoms with Gasteiger partial charge in [-0.25, -0.2) is 0 Å². The number of hydrogen-bond donors (Lipinski definition) is 0. The van der Waals surface area contributed by atoms with Crippen LogP contribution in [0.25, 0.3) is 0 Å². The summed E-state index contributed by atoms with van der Waals surface area (Å²) in [5.74, 6) is 0. The van der Waals surface area contributed by atoms with Crippen LogP contribution in [0.15, 0.2) is 24.8 Å². The van der Waals surface area contributed by atoms with Gasteiger partial charge < -0.3 is 0 Å². The van der Waals surface area contributed by atoms with Crippen LogP contribution in [0, 0.1) is 0 Å². The van der Waals surface area contributed by atoms with Crippen molar-refractivity contribution in [2.75, 3.05) is 0 Å². The lowest BCUT2D eigenvalue weighted by molar-refractivity contribution is 0.587. The van der Waals surface area contributed by atoms with Crippen molar-refractivity contribution in [2.24, 2.45) is 0 Å². The Labute approximate surface area is 122 Å². The van der Waals surface area contributed by atoms with Crippen LogP contribution in [-0.4, -0.2) is 0 Å². The van der Waals surface area contributed by atoms with Crippen LogP contribution < -0.4 is 0 Å². The molecule has 0 radical (unpaired) electrons. The van der Waals surface area contributed by atoms with Crippen LogP contribution >= 0.6 is 0 Å². The highest BCUT2D eigenvalue weighted by atomic mass is 14.0. The molecule has 0 aromatic heterocycles. The van der Waals surface area contributed by atoms with Gasteiger partial charge in [0.25, 0.3) is 0 Å². The summed E-state index contributed by atoms with van der Waals surface area (Å²) in [4.78, 5) is 0. The Balaban J connectivity index is 3.14. The van der Waals surface area contributed by atoms with E-state index < -0.39 is 0 Å². The number of hydrogen-bond acceptors (Lipinski definition) is 0. The van der Waals surface area contributed by atoms with E-state index in [9.17, 15) is 0 Å². The Morgan fingerprint density at radius 3 is 1.74 bits per heavy atom. The fraction of sp³-hybridized carbons (Fsp3) is 0.789. The van der Waals surface area contributed by atoms with E-state index in [2.05, 4.69) is 20.1 Å². The molecule has 0 saturated heterocycles. The zero-order valence-electron chi connectivity index (χ0n) is 13.4. The molecule has 112 valence electrons. The molecule has 0 amide bonds. The predicted molar refractivity (Wildman–Crippen MR) is 89.6 cm³/mol. The molecule has 0 N–H and O–H groups in total. The first-order chi connectivity index (χ1) is 9.31. The van der Waals surface area contributed by atoms with Gasteiger partial charge in [-0.2, -0.15) is 0 Å². The van der Waals surface area contributed by atoms with E-state index in [0.29, 0.717) is 0 Å². The molecule has 0 aliphatic heterocycles. The molecule has 0 nitrogen and oxygen atoms in total. The molecule has 0 bridgehead atoms. The summed E-state index contributed by atoms with van der Waals surface area (Å²) >= 11 is 0. The average Bonchev–Trinajstić information content (AvgIpc) is 2.41. The first kappa shape index (κ1) is 18.5. The largest absolute Gasteiger partial charge is 0.103 e. The average molecular weight is 264 g/mol. The van der Waals surface area contributed by atoms with Crippen molar-refractivity contribution in [1.29, 1.82) is 0 Å². The van der Waals surface area contributed by atoms with E-state index >= 15 is 0 Å². The molecule has 0 heterocycles. The van der Waals surface area contributed by atoms with Crippen molar-refractivity contribution in [3.63, 3.8) is 0 Å². The second-order valence-corrected chi connectivity index (χ2v) is 5.86. The summed E-state index contributed by atoms with van der Waals surface area (Å²) in [6.07, 6.45) is 20.9. The van der Waals surface area contributed by atoms with E-state index in [1.807, 2.05) is 6.08 Å². The summed E-state index contributed by atoms with van der Waals surface area (Å²) in [6, 6.07) is 0. The molecule has 0 unspecified atom stereocenters. The van der Waals surface area contributed by atoms with Gasteiger partial charge in [-0.15, -0.1) is 6.58 Å². The van der Waals surface area contributed by atoms with Gasteiger partial charge in [0.2, 0.25) is 0 Å². The SMILES string of the molecule is C=CCCCCCCCC(=C)CCCCCCCC. The highest BCUT2D eigenvalue weighted by Crippen LogP contribution is 2.16. The van der Waals surface area contributed by atoms with Gasteiger partial charge in [0.15, 0.2) is 0 Å². The van der Waals surface area contributed by atoms with Gasteiger partial charge in [-0.3, -0.25) is 0 Å². The minimum Gasteiger partial charge on any atom is -0.103 e. The fourth-order valence-corrected chi connectivity index (χ4v) is 2.47. The van der Waals surface area contributed by atoms with Crippen molar-refractivity contribution in [1.82, 2.24) is 0 Å². The standard InChI is InChI=1S/C19H36/c1-4-6-8-10-12-14-16-18-19(3)17-15-13-11-9-7-5-2/h4H,1,3,5-18H2,2H3. The van der Waals surface area contributed by atoms with Gasteiger partial charge >= 0.3 is 0 Å². The fourth-order valence-electron chi connectivity index (χ4n) is 2.47. The van der Waals surface area contributed by atoms with E-state index in [1.54, 1.807) is 0 Å². The van der Waals surface area contributed by atoms with Gasteiger partial charge in [-0.05, 0) is 38.5 Å². The van der Waals surface area contributed by atoms with Gasteiger partial charge in [0.1, 0.15) is 0 Å². The molecule has 0 heteroatoms. The number of rotatable bonds is 15. The second-order valence-electron chi connectivity index (χ2n) is 5.86. The summed E-state index contributed by atoms with van der Waals surface area (Å²) < 4.78 is 0. The van der Waals surface area contributed by atoms with Gasteiger partial charge in [0, 0.05) is 0 Å². The molecule has 0 aliphatic carbocycles. The summed E-state index contributed by atoms with van der Waals surface area (Å²) in [5, 5.41) is 0. The van der Waals surface area contributed by atoms with E-state index in [1.165, 1.54) is 95.5 Å². The number of unbranched alkanes of at least 4 members (excludes halogenated alkanes) is 10. The normalized spacial score (nSPS) is 10.6. The Kier molecular flexibility index (Phi) is 15.1. The van der Waals surface area contributed by atoms with Crippen molar-refractivity contribution >= 4 is 0 Å². The van der Waals surface area contributed by atoms with Gasteiger partial charge in [-0.1, -0.05) is 76.5 Å². The summed E-state index contributed by atoms with van der Waals surface area (Å²) in [7, 11) is 0. The van der Waals surface area contributed by atoms with Crippen LogP contribution in [0.3, 0.4) is 0 Å². The smallest absolute Gasteiger partial charge is 0.0323 e. The topological polar surface area (TPSA) is 0 Å². The monoisotopic (exact) mass is 264 g/mol. The molecule has 0 saturated carbocycles. The van der Waals surface area contributed by atoms with Gasteiger partial charge in [0.05, 0.1) is 0 Å². The van der Waals surface area contributed by atoms with Crippen molar-refractivity contribution in [2.45, 2.75) is 96.8 Å². The Hall–Kier alpha value is -0.520. The Morgan fingerprint density at radius 2 is 1.21 bits per heavy atom. The summed E-state index contributed by atoms with van der Waals surface area (Å²) in [5.41, 5.74) is 1.49. The van der Waals surface area contributed by atoms with Crippen LogP contribution in [0.2, 0.25) is 0 Å². The minimum atomic E-state index is 1.19. The zero-order valence-corrected chi connectivity index (χ0v) is 13.4. The molecule has 0 aliphatic rings.